The van der Waals surface area contributed by atoms with E-state index in [9.17, 15) is 0 Å². The number of nitrogens with zero attached hydrogens (tertiary/aromatic N) is 2. The third kappa shape index (κ3) is 3.82. The van der Waals surface area contributed by atoms with Crippen molar-refractivity contribution in [3.63, 3.8) is 0 Å². The van der Waals surface area contributed by atoms with Gasteiger partial charge in [-0.2, -0.15) is 4.98 Å². The molecule has 0 saturated carbocycles. The van der Waals surface area contributed by atoms with E-state index in [1.807, 2.05) is 60.7 Å². The molecule has 4 aromatic rings. The van der Waals surface area contributed by atoms with Gasteiger partial charge in [0.25, 0.3) is 0 Å². The van der Waals surface area contributed by atoms with Crippen LogP contribution in [0.3, 0.4) is 0 Å². The second-order valence-corrected chi connectivity index (χ2v) is 6.26. The van der Waals surface area contributed by atoms with E-state index >= 15 is 0 Å². The Morgan fingerprint density at radius 2 is 1.59 bits per heavy atom. The molecule has 1 heterocycles. The molecule has 0 saturated heterocycles. The molecule has 4 rings (SSSR count). The van der Waals surface area contributed by atoms with Crippen molar-refractivity contribution in [2.45, 2.75) is 6.92 Å². The van der Waals surface area contributed by atoms with E-state index in [1.54, 1.807) is 7.11 Å². The van der Waals surface area contributed by atoms with Crippen molar-refractivity contribution in [3.05, 3.63) is 78.4 Å². The minimum Gasteiger partial charge on any atom is -0.497 e. The number of rotatable bonds is 5. The Balaban J connectivity index is 1.71. The van der Waals surface area contributed by atoms with Gasteiger partial charge < -0.3 is 15.4 Å². The van der Waals surface area contributed by atoms with Crippen molar-refractivity contribution in [3.8, 4) is 5.75 Å². The predicted octanol–water partition coefficient (Wildman–Crippen LogP) is 5.43. The number of nitrogens with one attached hydrogen (secondary N) is 2. The Labute approximate surface area is 158 Å². The molecule has 5 nitrogen and oxygen atoms in total. The van der Waals surface area contributed by atoms with Crippen LogP contribution in [-0.4, -0.2) is 17.1 Å². The van der Waals surface area contributed by atoms with Crippen molar-refractivity contribution >= 4 is 34.0 Å². The lowest BCUT2D eigenvalue weighted by Gasteiger charge is -2.12. The van der Waals surface area contributed by atoms with E-state index in [0.717, 1.165) is 33.8 Å². The molecule has 0 radical (unpaired) electrons. The third-order valence-corrected chi connectivity index (χ3v) is 4.23. The lowest BCUT2D eigenvalue weighted by Crippen LogP contribution is -2.02. The topological polar surface area (TPSA) is 59.1 Å². The number of aryl methyl sites for hydroxylation is 1. The normalized spacial score (nSPS) is 10.6. The number of methoxy groups -OCH3 is 1. The van der Waals surface area contributed by atoms with Crippen LogP contribution >= 0.6 is 0 Å². The van der Waals surface area contributed by atoms with Crippen LogP contribution in [0.15, 0.2) is 72.8 Å². The fraction of sp³-hybridized carbons (Fsp3) is 0.0909. The number of ether oxygens (including phenoxy) is 1. The van der Waals surface area contributed by atoms with Gasteiger partial charge in [-0.25, -0.2) is 4.98 Å². The van der Waals surface area contributed by atoms with Crippen molar-refractivity contribution in [2.75, 3.05) is 17.7 Å². The molecule has 0 atom stereocenters. The highest BCUT2D eigenvalue weighted by atomic mass is 16.5. The van der Waals surface area contributed by atoms with E-state index in [1.165, 1.54) is 5.56 Å². The van der Waals surface area contributed by atoms with Gasteiger partial charge >= 0.3 is 0 Å². The maximum absolute atomic E-state index is 5.22. The minimum absolute atomic E-state index is 0.551. The van der Waals surface area contributed by atoms with Crippen LogP contribution < -0.4 is 15.4 Å². The van der Waals surface area contributed by atoms with E-state index in [-0.39, 0.29) is 0 Å². The van der Waals surface area contributed by atoms with Crippen molar-refractivity contribution in [1.29, 1.82) is 0 Å². The zero-order valence-corrected chi connectivity index (χ0v) is 15.2. The summed E-state index contributed by atoms with van der Waals surface area (Å²) in [6.45, 7) is 2.06. The molecule has 0 aliphatic carbocycles. The fourth-order valence-corrected chi connectivity index (χ4v) is 2.89. The number of hydrogen-bond acceptors (Lipinski definition) is 5. The predicted molar refractivity (Wildman–Crippen MR) is 110 cm³/mol. The number of anilines is 4. The first-order valence-electron chi connectivity index (χ1n) is 8.73. The summed E-state index contributed by atoms with van der Waals surface area (Å²) in [6, 6.07) is 23.8. The highest BCUT2D eigenvalue weighted by Gasteiger charge is 2.08. The lowest BCUT2D eigenvalue weighted by atomic mass is 10.2. The summed E-state index contributed by atoms with van der Waals surface area (Å²) in [7, 11) is 1.66. The maximum Gasteiger partial charge on any atom is 0.229 e. The van der Waals surface area contributed by atoms with E-state index in [4.69, 9.17) is 9.72 Å². The van der Waals surface area contributed by atoms with Gasteiger partial charge in [0.2, 0.25) is 5.95 Å². The van der Waals surface area contributed by atoms with Crippen LogP contribution in [0.4, 0.5) is 23.1 Å². The minimum atomic E-state index is 0.551. The smallest absolute Gasteiger partial charge is 0.229 e. The molecule has 0 aliphatic rings. The molecule has 0 fully saturated rings. The van der Waals surface area contributed by atoms with Crippen molar-refractivity contribution in [2.24, 2.45) is 0 Å². The summed E-state index contributed by atoms with van der Waals surface area (Å²) < 4.78 is 5.22. The number of aromatic nitrogens is 2. The van der Waals surface area contributed by atoms with E-state index in [2.05, 4.69) is 34.7 Å². The molecule has 2 N–H and O–H groups in total. The highest BCUT2D eigenvalue weighted by molar-refractivity contribution is 5.92. The summed E-state index contributed by atoms with van der Waals surface area (Å²) in [5, 5.41) is 7.65. The number of fused-ring (bicyclic) bond motifs is 1. The monoisotopic (exact) mass is 356 g/mol. The first kappa shape index (κ1) is 16.8. The SMILES string of the molecule is COc1ccc(Nc2nc(Nc3cccc(C)c3)nc3ccccc23)cc1. The van der Waals surface area contributed by atoms with Gasteiger partial charge in [-0.15, -0.1) is 0 Å². The maximum atomic E-state index is 5.22. The average molecular weight is 356 g/mol. The highest BCUT2D eigenvalue weighted by Crippen LogP contribution is 2.27. The standard InChI is InChI=1S/C22H20N4O/c1-15-6-5-7-17(14-15)24-22-25-20-9-4-3-8-19(20)21(26-22)23-16-10-12-18(27-2)13-11-16/h3-14H,1-2H3,(H2,23,24,25,26). The van der Waals surface area contributed by atoms with Gasteiger partial charge in [0.05, 0.1) is 12.6 Å². The van der Waals surface area contributed by atoms with Crippen LogP contribution in [-0.2, 0) is 0 Å². The van der Waals surface area contributed by atoms with Gasteiger partial charge in [-0.3, -0.25) is 0 Å². The first-order chi connectivity index (χ1) is 13.2. The quantitative estimate of drug-likeness (QED) is 0.499. The molecule has 0 amide bonds. The molecule has 27 heavy (non-hydrogen) atoms. The van der Waals surface area contributed by atoms with Crippen molar-refractivity contribution in [1.82, 2.24) is 9.97 Å². The number of para-hydroxylation sites is 1. The van der Waals surface area contributed by atoms with Gasteiger partial charge in [-0.1, -0.05) is 24.3 Å². The summed E-state index contributed by atoms with van der Waals surface area (Å²) in [6.07, 6.45) is 0. The molecule has 0 spiro atoms. The van der Waals surface area contributed by atoms with Gasteiger partial charge in [-0.05, 0) is 61.0 Å². The number of benzene rings is 3. The molecule has 0 bridgehead atoms. The molecular weight excluding hydrogens is 336 g/mol. The van der Waals surface area contributed by atoms with Gasteiger partial charge in [0.1, 0.15) is 11.6 Å². The second kappa shape index (κ2) is 7.33. The Kier molecular flexibility index (Phi) is 4.58. The van der Waals surface area contributed by atoms with E-state index in [0.29, 0.717) is 5.95 Å². The molecular formula is C22H20N4O. The zero-order chi connectivity index (χ0) is 18.6. The van der Waals surface area contributed by atoms with Crippen molar-refractivity contribution < 1.29 is 4.74 Å². The van der Waals surface area contributed by atoms with Crippen LogP contribution in [0.5, 0.6) is 5.75 Å². The molecule has 134 valence electrons. The Morgan fingerprint density at radius 3 is 2.37 bits per heavy atom. The van der Waals surface area contributed by atoms with Crippen LogP contribution in [0, 0.1) is 6.92 Å². The zero-order valence-electron chi connectivity index (χ0n) is 15.2. The molecule has 5 heteroatoms. The second-order valence-electron chi connectivity index (χ2n) is 6.26. The molecule has 1 aromatic heterocycles. The summed E-state index contributed by atoms with van der Waals surface area (Å²) >= 11 is 0. The molecule has 3 aromatic carbocycles. The summed E-state index contributed by atoms with van der Waals surface area (Å²) in [4.78, 5) is 9.35. The van der Waals surface area contributed by atoms with Crippen LogP contribution in [0.25, 0.3) is 10.9 Å². The summed E-state index contributed by atoms with van der Waals surface area (Å²) in [5.41, 5.74) is 3.94. The summed E-state index contributed by atoms with van der Waals surface area (Å²) in [5.74, 6) is 2.12. The third-order valence-electron chi connectivity index (χ3n) is 4.23. The molecule has 0 aliphatic heterocycles. The van der Waals surface area contributed by atoms with Gasteiger partial charge in [0, 0.05) is 16.8 Å². The van der Waals surface area contributed by atoms with Gasteiger partial charge in [0.15, 0.2) is 0 Å². The first-order valence-corrected chi connectivity index (χ1v) is 8.73. The average Bonchev–Trinajstić information content (AvgIpc) is 2.69. The fourth-order valence-electron chi connectivity index (χ4n) is 2.89. The number of hydrogen-bond donors (Lipinski definition) is 2. The molecule has 0 unspecified atom stereocenters. The lowest BCUT2D eigenvalue weighted by molar-refractivity contribution is 0.415. The Hall–Kier alpha value is -3.60. The van der Waals surface area contributed by atoms with E-state index < -0.39 is 0 Å². The Bertz CT molecular complexity index is 1080. The van der Waals surface area contributed by atoms with Crippen LogP contribution in [0.1, 0.15) is 5.56 Å². The Morgan fingerprint density at radius 1 is 0.778 bits per heavy atom. The largest absolute Gasteiger partial charge is 0.497 e. The van der Waals surface area contributed by atoms with Crippen LogP contribution in [0.2, 0.25) is 0 Å².